The van der Waals surface area contributed by atoms with E-state index in [0.29, 0.717) is 24.2 Å². The number of aldehydes is 1. The van der Waals surface area contributed by atoms with Crippen molar-refractivity contribution >= 4 is 12.4 Å². The monoisotopic (exact) mass is 453 g/mol. The Morgan fingerprint density at radius 1 is 1.07 bits per heavy atom. The second-order valence-corrected chi connectivity index (χ2v) is 6.97. The van der Waals surface area contributed by atoms with Crippen LogP contribution in [0.3, 0.4) is 0 Å². The number of carbonyl (C=O) groups excluding carboxylic acids is 2. The number of nitrogens with zero attached hydrogens (tertiary/aromatic N) is 1. The van der Waals surface area contributed by atoms with Crippen LogP contribution in [0.1, 0.15) is 56.3 Å². The predicted octanol–water partition coefficient (Wildman–Crippen LogP) is 3.65. The van der Waals surface area contributed by atoms with E-state index < -0.39 is 17.4 Å². The number of carbonyl (C=O) groups is 2. The van der Waals surface area contributed by atoms with Gasteiger partial charge in [-0.2, -0.15) is 0 Å². The molecule has 1 heterocycles. The summed E-state index contributed by atoms with van der Waals surface area (Å²) in [7, 11) is 0. The van der Waals surface area contributed by atoms with Gasteiger partial charge in [0.25, 0.3) is 0 Å². The van der Waals surface area contributed by atoms with Gasteiger partial charge in [-0.25, -0.2) is 4.79 Å². The molecule has 0 N–H and O–H groups in total. The van der Waals surface area contributed by atoms with Crippen molar-refractivity contribution in [1.82, 2.24) is 4.90 Å². The molecule has 1 aromatic carbocycles. The van der Waals surface area contributed by atoms with Crippen LogP contribution in [0.25, 0.3) is 0 Å². The zero-order valence-electron chi connectivity index (χ0n) is 16.8. The number of ether oxygens (including phenoxy) is 2. The molecular formula is C21H23CrNO7. The summed E-state index contributed by atoms with van der Waals surface area (Å²) in [5, 5.41) is 0. The van der Waals surface area contributed by atoms with Gasteiger partial charge in [0.05, 0.1) is 17.7 Å². The third kappa shape index (κ3) is 6.98. The van der Waals surface area contributed by atoms with Crippen LogP contribution in [-0.4, -0.2) is 35.2 Å². The maximum atomic E-state index is 12.9. The number of hydrogen-bond donors (Lipinski definition) is 0. The molecule has 2 fully saturated rings. The minimum Gasteiger partial charge on any atom is 0 e. The Bertz CT molecular complexity index is 722. The first-order valence-corrected chi connectivity index (χ1v) is 8.80. The fourth-order valence-corrected chi connectivity index (χ4v) is 3.69. The maximum absolute atomic E-state index is 12.9. The van der Waals surface area contributed by atoms with Crippen LogP contribution in [-0.2, 0) is 36.1 Å². The topological polar surface area (TPSA) is 116 Å². The van der Waals surface area contributed by atoms with Crippen molar-refractivity contribution in [1.29, 1.82) is 0 Å². The SMILES string of the molecule is CC1(C)COC2(CCCCC2)N1C(=O)Oc1ccccc1C=O.[C-]#[O+].[C-]#[O+].[C-]#[O+].[Cr]. The molecular weight excluding hydrogens is 430 g/mol. The fourth-order valence-electron chi connectivity index (χ4n) is 3.69. The molecule has 1 aliphatic heterocycles. The Hall–Kier alpha value is -2.13. The van der Waals surface area contributed by atoms with Gasteiger partial charge in [-0.05, 0) is 51.7 Å². The van der Waals surface area contributed by atoms with Gasteiger partial charge < -0.3 is 9.47 Å². The normalized spacial score (nSPS) is 17.1. The zero-order chi connectivity index (χ0) is 22.5. The molecule has 0 aromatic heterocycles. The van der Waals surface area contributed by atoms with Crippen molar-refractivity contribution in [2.24, 2.45) is 0 Å². The molecule has 8 nitrogen and oxygen atoms in total. The average molecular weight is 453 g/mol. The smallest absolute Gasteiger partial charge is 0 e. The number of amides is 1. The number of hydrogen-bond acceptors (Lipinski definition) is 4. The van der Waals surface area contributed by atoms with E-state index in [4.69, 9.17) is 23.4 Å². The second-order valence-electron chi connectivity index (χ2n) is 6.97. The molecule has 30 heavy (non-hydrogen) atoms. The first-order chi connectivity index (χ1) is 14.0. The molecule has 0 atom stereocenters. The van der Waals surface area contributed by atoms with Crippen molar-refractivity contribution in [2.75, 3.05) is 6.61 Å². The Labute approximate surface area is 187 Å². The fraction of sp³-hybridized carbons (Fsp3) is 0.476. The van der Waals surface area contributed by atoms with Crippen molar-refractivity contribution in [2.45, 2.75) is 57.2 Å². The number of benzene rings is 1. The minimum atomic E-state index is -0.561. The standard InChI is InChI=1S/C18H23NO4.3CO.Cr/c1-17(2)13-22-18(10-6-3-7-11-18)19(17)16(21)23-15-9-5-4-8-14(15)12-20;3*1-2;/h4-5,8-9,12H,3,6-7,10-11,13H2,1-2H3;;;;. The molecule has 0 radical (unpaired) electrons. The van der Waals surface area contributed by atoms with Crippen LogP contribution in [0.15, 0.2) is 24.3 Å². The molecule has 1 spiro atoms. The van der Waals surface area contributed by atoms with Crippen LogP contribution in [0.4, 0.5) is 4.79 Å². The van der Waals surface area contributed by atoms with Gasteiger partial charge in [-0.3, -0.25) is 9.69 Å². The Balaban J connectivity index is 0. The van der Waals surface area contributed by atoms with Crippen molar-refractivity contribution in [3.05, 3.63) is 49.8 Å². The van der Waals surface area contributed by atoms with Crippen LogP contribution < -0.4 is 4.74 Å². The molecule has 3 rings (SSSR count). The van der Waals surface area contributed by atoms with Crippen LogP contribution in [0, 0.1) is 20.0 Å². The zero-order valence-corrected chi connectivity index (χ0v) is 18.1. The van der Waals surface area contributed by atoms with E-state index in [2.05, 4.69) is 20.0 Å². The van der Waals surface area contributed by atoms with Gasteiger partial charge in [0, 0.05) is 17.4 Å². The summed E-state index contributed by atoms with van der Waals surface area (Å²) < 4.78 is 34.1. The second kappa shape index (κ2) is 14.8. The summed E-state index contributed by atoms with van der Waals surface area (Å²) in [6.45, 7) is 18.0. The van der Waals surface area contributed by atoms with Crippen molar-refractivity contribution in [3.63, 3.8) is 0 Å². The summed E-state index contributed by atoms with van der Waals surface area (Å²) in [6.07, 6.45) is 5.19. The van der Waals surface area contributed by atoms with E-state index in [9.17, 15) is 9.59 Å². The minimum absolute atomic E-state index is 0. The van der Waals surface area contributed by atoms with E-state index >= 15 is 0 Å². The van der Waals surface area contributed by atoms with Crippen molar-refractivity contribution < 1.29 is 50.4 Å². The van der Waals surface area contributed by atoms with E-state index in [1.807, 2.05) is 13.8 Å². The molecule has 2 aliphatic rings. The molecule has 1 aliphatic carbocycles. The predicted molar refractivity (Wildman–Crippen MR) is 97.3 cm³/mol. The third-order valence-corrected chi connectivity index (χ3v) is 4.77. The third-order valence-electron chi connectivity index (χ3n) is 4.77. The van der Waals surface area contributed by atoms with Crippen LogP contribution >= 0.6 is 0 Å². The van der Waals surface area contributed by atoms with Gasteiger partial charge in [-0.15, -0.1) is 0 Å². The molecule has 9 heteroatoms. The van der Waals surface area contributed by atoms with E-state index in [0.717, 1.165) is 25.7 Å². The summed E-state index contributed by atoms with van der Waals surface area (Å²) >= 11 is 0. The van der Waals surface area contributed by atoms with E-state index in [1.165, 1.54) is 6.42 Å². The molecule has 0 bridgehead atoms. The first-order valence-electron chi connectivity index (χ1n) is 8.80. The van der Waals surface area contributed by atoms with E-state index in [1.54, 1.807) is 29.2 Å². The van der Waals surface area contributed by atoms with Gasteiger partial charge in [0.15, 0.2) is 6.29 Å². The quantitative estimate of drug-likeness (QED) is 0.386. The van der Waals surface area contributed by atoms with Gasteiger partial charge >= 0.3 is 40.0 Å². The number of para-hydroxylation sites is 1. The van der Waals surface area contributed by atoms with Gasteiger partial charge in [0.1, 0.15) is 11.5 Å². The average Bonchev–Trinajstić information content (AvgIpc) is 3.03. The first kappa shape index (κ1) is 30.1. The molecule has 1 saturated heterocycles. The number of rotatable bonds is 2. The van der Waals surface area contributed by atoms with Gasteiger partial charge in [-0.1, -0.05) is 18.6 Å². The summed E-state index contributed by atoms with van der Waals surface area (Å²) in [5.41, 5.74) is -0.615. The largest absolute Gasteiger partial charge is 0 e. The molecule has 160 valence electrons. The summed E-state index contributed by atoms with van der Waals surface area (Å²) in [6, 6.07) is 6.76. The Morgan fingerprint density at radius 2 is 1.60 bits per heavy atom. The Kier molecular flexibility index (Phi) is 14.8. The molecule has 1 saturated carbocycles. The summed E-state index contributed by atoms with van der Waals surface area (Å²) in [5.74, 6) is 0.293. The molecule has 0 unspecified atom stereocenters. The summed E-state index contributed by atoms with van der Waals surface area (Å²) in [4.78, 5) is 25.8. The van der Waals surface area contributed by atoms with Gasteiger partial charge in [0.2, 0.25) is 0 Å². The van der Waals surface area contributed by atoms with Crippen molar-refractivity contribution in [3.8, 4) is 5.75 Å². The molecule has 1 amide bonds. The van der Waals surface area contributed by atoms with Crippen LogP contribution in [0.2, 0.25) is 0 Å². The van der Waals surface area contributed by atoms with E-state index in [-0.39, 0.29) is 17.4 Å². The Morgan fingerprint density at radius 3 is 2.13 bits per heavy atom. The molecule has 1 aromatic rings. The van der Waals surface area contributed by atoms with Crippen LogP contribution in [0.5, 0.6) is 5.75 Å². The maximum Gasteiger partial charge on any atom is 0 e.